The second kappa shape index (κ2) is 4.39. The van der Waals surface area contributed by atoms with Gasteiger partial charge in [-0.1, -0.05) is 12.1 Å². The summed E-state index contributed by atoms with van der Waals surface area (Å²) in [4.78, 5) is 4.92. The van der Waals surface area contributed by atoms with E-state index in [9.17, 15) is 0 Å². The number of rotatable bonds is 1. The third-order valence-electron chi connectivity index (χ3n) is 5.84. The van der Waals surface area contributed by atoms with Crippen LogP contribution in [0.25, 0.3) is 17.1 Å². The van der Waals surface area contributed by atoms with Crippen LogP contribution in [-0.4, -0.2) is 36.7 Å². The molecule has 1 aromatic carbocycles. The van der Waals surface area contributed by atoms with Crippen LogP contribution in [0.15, 0.2) is 24.3 Å². The van der Waals surface area contributed by atoms with Gasteiger partial charge >= 0.3 is 0 Å². The van der Waals surface area contributed by atoms with Gasteiger partial charge in [-0.25, -0.2) is 0 Å². The zero-order valence-electron chi connectivity index (χ0n) is 13.4. The smallest absolute Gasteiger partial charge is 0.0571 e. The molecule has 0 spiro atoms. The van der Waals surface area contributed by atoms with Crippen LogP contribution in [0.4, 0.5) is 5.69 Å². The van der Waals surface area contributed by atoms with E-state index >= 15 is 0 Å². The molecule has 0 amide bonds. The number of nitrogens with zero attached hydrogens (tertiary/aromatic N) is 3. The second-order valence-electron chi connectivity index (χ2n) is 7.21. The Bertz CT molecular complexity index is 784. The molecule has 2 aromatic rings. The number of benzene rings is 1. The first kappa shape index (κ1) is 12.8. The predicted molar refractivity (Wildman–Crippen MR) is 92.3 cm³/mol. The fourth-order valence-corrected chi connectivity index (χ4v) is 4.79. The zero-order chi connectivity index (χ0) is 14.8. The molecule has 3 nitrogen and oxygen atoms in total. The third kappa shape index (κ3) is 1.55. The van der Waals surface area contributed by atoms with Crippen molar-refractivity contribution in [3.63, 3.8) is 0 Å². The molecular weight excluding hydrogens is 270 g/mol. The predicted octanol–water partition coefficient (Wildman–Crippen LogP) is 3.50. The van der Waals surface area contributed by atoms with Crippen molar-refractivity contribution in [3.8, 4) is 0 Å². The molecule has 1 saturated heterocycles. The molecule has 22 heavy (non-hydrogen) atoms. The molecule has 0 N–H and O–H groups in total. The monoisotopic (exact) mass is 293 g/mol. The lowest BCUT2D eigenvalue weighted by Crippen LogP contribution is -2.44. The highest BCUT2D eigenvalue weighted by atomic mass is 15.2. The van der Waals surface area contributed by atoms with E-state index in [4.69, 9.17) is 0 Å². The van der Waals surface area contributed by atoms with Crippen molar-refractivity contribution in [2.24, 2.45) is 5.92 Å². The van der Waals surface area contributed by atoms with Crippen molar-refractivity contribution in [1.82, 2.24) is 9.47 Å². The highest BCUT2D eigenvalue weighted by Crippen LogP contribution is 2.47. The van der Waals surface area contributed by atoms with Gasteiger partial charge in [0.05, 0.1) is 11.6 Å². The second-order valence-corrected chi connectivity index (χ2v) is 7.21. The molecule has 0 radical (unpaired) electrons. The maximum Gasteiger partial charge on any atom is 0.0571 e. The summed E-state index contributed by atoms with van der Waals surface area (Å²) in [5.41, 5.74) is 5.87. The van der Waals surface area contributed by atoms with Crippen molar-refractivity contribution >= 4 is 22.8 Å². The normalized spacial score (nSPS) is 26.3. The molecule has 3 heteroatoms. The molecule has 0 aliphatic carbocycles. The minimum atomic E-state index is 0.623. The van der Waals surface area contributed by atoms with Gasteiger partial charge in [-0.2, -0.15) is 0 Å². The lowest BCUT2D eigenvalue weighted by atomic mass is 9.81. The van der Waals surface area contributed by atoms with Crippen LogP contribution in [-0.2, 0) is 6.42 Å². The average molecular weight is 293 g/mol. The van der Waals surface area contributed by atoms with E-state index in [1.54, 1.807) is 11.3 Å². The fourth-order valence-electron chi connectivity index (χ4n) is 4.79. The first-order valence-electron chi connectivity index (χ1n) is 8.50. The minimum absolute atomic E-state index is 0.623. The Kier molecular flexibility index (Phi) is 2.55. The Hall–Kier alpha value is -1.74. The molecule has 4 heterocycles. The number of fused-ring (bicyclic) bond motifs is 3. The van der Waals surface area contributed by atoms with Gasteiger partial charge in [-0.15, -0.1) is 0 Å². The van der Waals surface area contributed by atoms with Crippen molar-refractivity contribution in [1.29, 1.82) is 0 Å². The Morgan fingerprint density at radius 1 is 1.18 bits per heavy atom. The van der Waals surface area contributed by atoms with Crippen LogP contribution in [0, 0.1) is 5.92 Å². The molecule has 3 aliphatic rings. The largest absolute Gasteiger partial charge is 0.378 e. The SMILES string of the molecule is CN(C)c1ccc2c3c4n(c2c1)C=C[C@H]1CCCN(CC3)[C@@H]41. The van der Waals surface area contributed by atoms with Crippen LogP contribution in [0.3, 0.4) is 0 Å². The fraction of sp³-hybridized carbons (Fsp3) is 0.474. The summed E-state index contributed by atoms with van der Waals surface area (Å²) in [6.45, 7) is 2.51. The molecule has 2 atom stereocenters. The van der Waals surface area contributed by atoms with Crippen LogP contribution in [0.1, 0.15) is 30.1 Å². The van der Waals surface area contributed by atoms with E-state index in [1.165, 1.54) is 48.9 Å². The van der Waals surface area contributed by atoms with E-state index in [-0.39, 0.29) is 0 Å². The van der Waals surface area contributed by atoms with E-state index < -0.39 is 0 Å². The Labute approximate surface area is 131 Å². The maximum absolute atomic E-state index is 2.72. The Morgan fingerprint density at radius 3 is 2.95 bits per heavy atom. The average Bonchev–Trinajstić information content (AvgIpc) is 2.87. The lowest BCUT2D eigenvalue weighted by molar-refractivity contribution is 0.0982. The number of hydrogen-bond donors (Lipinski definition) is 0. The van der Waals surface area contributed by atoms with E-state index in [2.05, 4.69) is 58.9 Å². The van der Waals surface area contributed by atoms with E-state index in [0.717, 1.165) is 5.92 Å². The van der Waals surface area contributed by atoms with Gasteiger partial charge in [0.1, 0.15) is 0 Å². The van der Waals surface area contributed by atoms with Gasteiger partial charge in [0.2, 0.25) is 0 Å². The van der Waals surface area contributed by atoms with Gasteiger partial charge < -0.3 is 9.47 Å². The van der Waals surface area contributed by atoms with Crippen molar-refractivity contribution in [2.45, 2.75) is 25.3 Å². The molecule has 1 aromatic heterocycles. The summed E-state index contributed by atoms with van der Waals surface area (Å²) >= 11 is 0. The lowest BCUT2D eigenvalue weighted by Gasteiger charge is -2.45. The minimum Gasteiger partial charge on any atom is -0.378 e. The highest BCUT2D eigenvalue weighted by Gasteiger charge is 2.40. The first-order chi connectivity index (χ1) is 10.7. The summed E-state index contributed by atoms with van der Waals surface area (Å²) in [5.74, 6) is 0.720. The molecule has 3 aliphatic heterocycles. The maximum atomic E-state index is 2.72. The number of hydrogen-bond acceptors (Lipinski definition) is 2. The van der Waals surface area contributed by atoms with Crippen molar-refractivity contribution < 1.29 is 0 Å². The molecule has 114 valence electrons. The van der Waals surface area contributed by atoms with Crippen LogP contribution in [0.5, 0.6) is 0 Å². The summed E-state index contributed by atoms with van der Waals surface area (Å²) < 4.78 is 2.48. The van der Waals surface area contributed by atoms with Crippen molar-refractivity contribution in [2.75, 3.05) is 32.1 Å². The standard InChI is InChI=1S/C19H23N3/c1-20(2)14-5-6-15-16-8-10-21-9-3-4-13-7-11-22(17(15)12-14)19(16)18(13)21/h5-7,11-13,18H,3-4,8-10H2,1-2H3/t13-,18-/m1/s1. The van der Waals surface area contributed by atoms with Crippen LogP contribution in [0.2, 0.25) is 0 Å². The van der Waals surface area contributed by atoms with Crippen LogP contribution < -0.4 is 4.90 Å². The molecule has 0 saturated carbocycles. The van der Waals surface area contributed by atoms with Gasteiger partial charge in [0, 0.05) is 43.6 Å². The number of piperidine rings is 1. The highest BCUT2D eigenvalue weighted by molar-refractivity contribution is 5.91. The third-order valence-corrected chi connectivity index (χ3v) is 5.84. The Balaban J connectivity index is 1.79. The van der Waals surface area contributed by atoms with E-state index in [1.807, 2.05) is 0 Å². The summed E-state index contributed by atoms with van der Waals surface area (Å²) in [6, 6.07) is 7.58. The molecule has 0 bridgehead atoms. The summed E-state index contributed by atoms with van der Waals surface area (Å²) in [6.07, 6.45) is 8.71. The van der Waals surface area contributed by atoms with Gasteiger partial charge in [-0.05, 0) is 49.4 Å². The summed E-state index contributed by atoms with van der Waals surface area (Å²) in [7, 11) is 4.24. The molecule has 0 unspecified atom stereocenters. The molecule has 1 fully saturated rings. The molecular formula is C19H23N3. The molecule has 5 rings (SSSR count). The van der Waals surface area contributed by atoms with Gasteiger partial charge in [0.25, 0.3) is 0 Å². The van der Waals surface area contributed by atoms with Gasteiger partial charge in [0.15, 0.2) is 0 Å². The zero-order valence-corrected chi connectivity index (χ0v) is 13.4. The summed E-state index contributed by atoms with van der Waals surface area (Å²) in [5, 5.41) is 1.47. The number of anilines is 1. The van der Waals surface area contributed by atoms with Gasteiger partial charge in [-0.3, -0.25) is 4.90 Å². The number of aromatic nitrogens is 1. The van der Waals surface area contributed by atoms with Crippen LogP contribution >= 0.6 is 0 Å². The van der Waals surface area contributed by atoms with E-state index in [0.29, 0.717) is 6.04 Å². The Morgan fingerprint density at radius 2 is 2.09 bits per heavy atom. The topological polar surface area (TPSA) is 11.4 Å². The first-order valence-corrected chi connectivity index (χ1v) is 8.50. The quantitative estimate of drug-likeness (QED) is 0.797. The van der Waals surface area contributed by atoms with Crippen molar-refractivity contribution in [3.05, 3.63) is 35.5 Å².